The van der Waals surface area contributed by atoms with Crippen molar-refractivity contribution in [1.29, 1.82) is 0 Å². The molecule has 0 saturated heterocycles. The Morgan fingerprint density at radius 3 is 2.50 bits per heavy atom. The fraction of sp³-hybridized carbons (Fsp3) is 0.120. The topological polar surface area (TPSA) is 53.6 Å². The number of rotatable bonds is 5. The lowest BCUT2D eigenvalue weighted by molar-refractivity contribution is -0.113. The molecule has 5 nitrogen and oxygen atoms in total. The first-order valence-electron chi connectivity index (χ1n) is 10.1. The van der Waals surface area contributed by atoms with Crippen molar-refractivity contribution in [1.82, 2.24) is 5.32 Å². The van der Waals surface area contributed by atoms with Crippen LogP contribution in [0.3, 0.4) is 0 Å². The average molecular weight is 464 g/mol. The van der Waals surface area contributed by atoms with Crippen LogP contribution in [0.15, 0.2) is 90.1 Å². The highest BCUT2D eigenvalue weighted by atomic mass is 35.5. The lowest BCUT2D eigenvalue weighted by Gasteiger charge is -2.38. The molecule has 1 aliphatic rings. The number of halogens is 1. The molecule has 1 heterocycles. The molecule has 0 aromatic heterocycles. The van der Waals surface area contributed by atoms with E-state index in [2.05, 4.69) is 10.6 Å². The molecule has 4 rings (SSSR count). The van der Waals surface area contributed by atoms with Gasteiger partial charge in [-0.3, -0.25) is 9.69 Å². The number of carbonyl (C=O) groups is 1. The maximum atomic E-state index is 13.6. The van der Waals surface area contributed by atoms with Crippen molar-refractivity contribution in [3.8, 4) is 5.75 Å². The molecule has 0 radical (unpaired) electrons. The highest BCUT2D eigenvalue weighted by Gasteiger charge is 2.35. The van der Waals surface area contributed by atoms with E-state index < -0.39 is 6.04 Å². The Bertz CT molecular complexity index is 1200. The normalized spacial score (nSPS) is 15.9. The molecule has 7 heteroatoms. The molecule has 0 aliphatic carbocycles. The Morgan fingerprint density at radius 2 is 1.78 bits per heavy atom. The van der Waals surface area contributed by atoms with Gasteiger partial charge in [0.05, 0.1) is 24.4 Å². The van der Waals surface area contributed by atoms with Gasteiger partial charge in [0.25, 0.3) is 5.91 Å². The first-order chi connectivity index (χ1) is 15.5. The number of para-hydroxylation sites is 3. The van der Waals surface area contributed by atoms with E-state index in [4.69, 9.17) is 28.6 Å². The number of carbonyl (C=O) groups excluding carboxylic acids is 1. The lowest BCUT2D eigenvalue weighted by Crippen LogP contribution is -2.48. The van der Waals surface area contributed by atoms with Crippen LogP contribution in [0.5, 0.6) is 5.75 Å². The molecule has 3 aromatic rings. The van der Waals surface area contributed by atoms with Crippen LogP contribution in [0.1, 0.15) is 18.5 Å². The number of nitrogens with zero attached hydrogens (tertiary/aromatic N) is 1. The van der Waals surface area contributed by atoms with Gasteiger partial charge in [-0.2, -0.15) is 0 Å². The van der Waals surface area contributed by atoms with Gasteiger partial charge in [-0.25, -0.2) is 0 Å². The summed E-state index contributed by atoms with van der Waals surface area (Å²) in [4.78, 5) is 15.5. The summed E-state index contributed by atoms with van der Waals surface area (Å²) in [5, 5.41) is 7.42. The molecule has 0 spiro atoms. The molecular weight excluding hydrogens is 442 g/mol. The molecule has 0 bridgehead atoms. The molecule has 1 unspecified atom stereocenters. The Labute approximate surface area is 197 Å². The van der Waals surface area contributed by atoms with Crippen molar-refractivity contribution in [2.24, 2.45) is 0 Å². The van der Waals surface area contributed by atoms with Gasteiger partial charge < -0.3 is 15.4 Å². The summed E-state index contributed by atoms with van der Waals surface area (Å²) >= 11 is 12.0. The second-order valence-electron chi connectivity index (χ2n) is 7.26. The third-order valence-electron chi connectivity index (χ3n) is 5.28. The Balaban J connectivity index is 1.82. The Hall–Kier alpha value is -3.35. The molecule has 3 aromatic carbocycles. The fourth-order valence-corrected chi connectivity index (χ4v) is 4.36. The molecule has 0 fully saturated rings. The summed E-state index contributed by atoms with van der Waals surface area (Å²) in [7, 11) is 1.57. The Kier molecular flexibility index (Phi) is 6.44. The predicted molar refractivity (Wildman–Crippen MR) is 133 cm³/mol. The van der Waals surface area contributed by atoms with Crippen molar-refractivity contribution >= 4 is 46.2 Å². The number of benzene rings is 3. The van der Waals surface area contributed by atoms with Crippen LogP contribution in [-0.2, 0) is 4.79 Å². The number of amides is 1. The van der Waals surface area contributed by atoms with Gasteiger partial charge >= 0.3 is 0 Å². The lowest BCUT2D eigenvalue weighted by atomic mass is 9.94. The standard InChI is InChI=1S/C25H22ClN3O2S/c1-16-22(24(30)27-20-13-6-7-14-21(20)31-2)23(17-9-8-10-18(26)15-17)28-25(32)29(16)19-11-4-3-5-12-19/h3-15,23H,1-2H3,(H,27,30)(H,28,32). The molecule has 0 saturated carbocycles. The molecule has 2 N–H and O–H groups in total. The minimum absolute atomic E-state index is 0.257. The van der Waals surface area contributed by atoms with Gasteiger partial charge in [0.1, 0.15) is 5.75 Å². The molecule has 1 amide bonds. The second-order valence-corrected chi connectivity index (χ2v) is 8.09. The first-order valence-corrected chi connectivity index (χ1v) is 10.8. The Morgan fingerprint density at radius 1 is 1.06 bits per heavy atom. The van der Waals surface area contributed by atoms with Crippen LogP contribution in [0, 0.1) is 0 Å². The summed E-state index contributed by atoms with van der Waals surface area (Å²) in [6.07, 6.45) is 0. The van der Waals surface area contributed by atoms with Crippen molar-refractivity contribution in [3.63, 3.8) is 0 Å². The van der Waals surface area contributed by atoms with E-state index in [0.29, 0.717) is 27.1 Å². The zero-order valence-corrected chi connectivity index (χ0v) is 19.2. The smallest absolute Gasteiger partial charge is 0.255 e. The number of hydrogen-bond acceptors (Lipinski definition) is 3. The maximum absolute atomic E-state index is 13.6. The third kappa shape index (κ3) is 4.33. The molecule has 32 heavy (non-hydrogen) atoms. The largest absolute Gasteiger partial charge is 0.495 e. The number of anilines is 2. The summed E-state index contributed by atoms with van der Waals surface area (Å²) in [5.74, 6) is 0.325. The van der Waals surface area contributed by atoms with Gasteiger partial charge in [-0.05, 0) is 61.1 Å². The number of methoxy groups -OCH3 is 1. The SMILES string of the molecule is COc1ccccc1NC(=O)C1=C(C)N(c2ccccc2)C(=S)NC1c1cccc(Cl)c1. The minimum atomic E-state index is -0.462. The van der Waals surface area contributed by atoms with Crippen molar-refractivity contribution in [3.05, 3.63) is 101 Å². The van der Waals surface area contributed by atoms with Crippen LogP contribution in [0.25, 0.3) is 0 Å². The summed E-state index contributed by atoms with van der Waals surface area (Å²) in [5.41, 5.74) is 3.57. The van der Waals surface area contributed by atoms with E-state index >= 15 is 0 Å². The second kappa shape index (κ2) is 9.42. The van der Waals surface area contributed by atoms with Crippen LogP contribution >= 0.6 is 23.8 Å². The number of thiocarbonyl (C=S) groups is 1. The molecule has 162 valence electrons. The predicted octanol–water partition coefficient (Wildman–Crippen LogP) is 5.70. The summed E-state index contributed by atoms with van der Waals surface area (Å²) in [6.45, 7) is 1.90. The van der Waals surface area contributed by atoms with Crippen LogP contribution in [0.4, 0.5) is 11.4 Å². The van der Waals surface area contributed by atoms with Crippen molar-refractivity contribution in [2.45, 2.75) is 13.0 Å². The molecule has 1 atom stereocenters. The highest BCUT2D eigenvalue weighted by molar-refractivity contribution is 7.80. The van der Waals surface area contributed by atoms with Gasteiger partial charge in [0.15, 0.2) is 5.11 Å². The van der Waals surface area contributed by atoms with Crippen LogP contribution in [0.2, 0.25) is 5.02 Å². The van der Waals surface area contributed by atoms with E-state index in [1.165, 1.54) is 0 Å². The van der Waals surface area contributed by atoms with E-state index in [1.54, 1.807) is 25.3 Å². The van der Waals surface area contributed by atoms with Crippen LogP contribution in [-0.4, -0.2) is 18.1 Å². The van der Waals surface area contributed by atoms with Crippen molar-refractivity contribution < 1.29 is 9.53 Å². The first kappa shape index (κ1) is 21.9. The summed E-state index contributed by atoms with van der Waals surface area (Å²) in [6, 6.07) is 24.0. The number of allylic oxidation sites excluding steroid dienone is 1. The average Bonchev–Trinajstić information content (AvgIpc) is 2.79. The van der Waals surface area contributed by atoms with Crippen molar-refractivity contribution in [2.75, 3.05) is 17.3 Å². The van der Waals surface area contributed by atoms with E-state index in [1.807, 2.05) is 72.5 Å². The summed E-state index contributed by atoms with van der Waals surface area (Å²) < 4.78 is 5.40. The van der Waals surface area contributed by atoms with E-state index in [9.17, 15) is 4.79 Å². The third-order valence-corrected chi connectivity index (χ3v) is 5.82. The van der Waals surface area contributed by atoms with E-state index in [-0.39, 0.29) is 5.91 Å². The van der Waals surface area contributed by atoms with Crippen LogP contribution < -0.4 is 20.3 Å². The van der Waals surface area contributed by atoms with E-state index in [0.717, 1.165) is 16.9 Å². The zero-order valence-electron chi connectivity index (χ0n) is 17.6. The number of ether oxygens (including phenoxy) is 1. The highest BCUT2D eigenvalue weighted by Crippen LogP contribution is 2.35. The van der Waals surface area contributed by atoms with Gasteiger partial charge in [-0.1, -0.05) is 54.1 Å². The monoisotopic (exact) mass is 463 g/mol. The molecular formula is C25H22ClN3O2S. The number of hydrogen-bond donors (Lipinski definition) is 2. The zero-order chi connectivity index (χ0) is 22.7. The van der Waals surface area contributed by atoms with Gasteiger partial charge in [0, 0.05) is 16.4 Å². The van der Waals surface area contributed by atoms with Gasteiger partial charge in [-0.15, -0.1) is 0 Å². The van der Waals surface area contributed by atoms with Gasteiger partial charge in [0.2, 0.25) is 0 Å². The fourth-order valence-electron chi connectivity index (χ4n) is 3.80. The minimum Gasteiger partial charge on any atom is -0.495 e. The quantitative estimate of drug-likeness (QED) is 0.475. The maximum Gasteiger partial charge on any atom is 0.255 e. The number of nitrogens with one attached hydrogen (secondary N) is 2. The molecule has 1 aliphatic heterocycles.